The molecular weight excluding hydrogens is 412 g/mol. The van der Waals surface area contributed by atoms with Crippen LogP contribution in [0, 0.1) is 6.92 Å². The third-order valence-corrected chi connectivity index (χ3v) is 6.27. The number of amides is 1. The van der Waals surface area contributed by atoms with Crippen molar-refractivity contribution >= 4 is 5.91 Å². The second kappa shape index (κ2) is 11.8. The minimum Gasteiger partial charge on any atom is -0.387 e. The second-order valence-electron chi connectivity index (χ2n) is 8.56. The summed E-state index contributed by atoms with van der Waals surface area (Å²) in [6.07, 6.45) is 2.01. The summed E-state index contributed by atoms with van der Waals surface area (Å²) in [4.78, 5) is 14.6. The topological polar surface area (TPSA) is 81.2 Å². The Kier molecular flexibility index (Phi) is 8.80. The minimum absolute atomic E-state index is 0.000984. The first-order chi connectivity index (χ1) is 15.9. The van der Waals surface area contributed by atoms with Gasteiger partial charge >= 0.3 is 0 Å². The van der Waals surface area contributed by atoms with E-state index in [2.05, 4.69) is 29.4 Å². The highest BCUT2D eigenvalue weighted by Gasteiger charge is 2.18. The molecule has 3 rings (SSSR count). The van der Waals surface area contributed by atoms with Crippen molar-refractivity contribution in [1.82, 2.24) is 20.4 Å². The van der Waals surface area contributed by atoms with Crippen LogP contribution in [0.3, 0.4) is 0 Å². The first-order valence-corrected chi connectivity index (χ1v) is 11.8. The number of benzene rings is 2. The number of aromatic nitrogens is 2. The van der Waals surface area contributed by atoms with Crippen LogP contribution >= 0.6 is 0 Å². The fourth-order valence-corrected chi connectivity index (χ4v) is 4.08. The second-order valence-corrected chi connectivity index (χ2v) is 8.56. The average Bonchev–Trinajstić information content (AvgIpc) is 3.20. The summed E-state index contributed by atoms with van der Waals surface area (Å²) in [6.45, 7) is 7.46. The molecule has 0 fully saturated rings. The van der Waals surface area contributed by atoms with E-state index in [1.807, 2.05) is 68.6 Å². The lowest BCUT2D eigenvalue weighted by molar-refractivity contribution is 0.0783. The van der Waals surface area contributed by atoms with Gasteiger partial charge in [-0.3, -0.25) is 9.89 Å². The van der Waals surface area contributed by atoms with Crippen LogP contribution < -0.4 is 5.32 Å². The first kappa shape index (κ1) is 24.7. The zero-order valence-corrected chi connectivity index (χ0v) is 20.1. The lowest BCUT2D eigenvalue weighted by Gasteiger charge is -2.23. The van der Waals surface area contributed by atoms with E-state index in [1.54, 1.807) is 4.90 Å². The highest BCUT2D eigenvalue weighted by molar-refractivity contribution is 5.94. The zero-order valence-electron chi connectivity index (χ0n) is 20.1. The molecule has 0 aliphatic carbocycles. The number of carbonyl (C=O) groups is 1. The average molecular weight is 449 g/mol. The number of carbonyl (C=O) groups excluding carboxylic acids is 1. The van der Waals surface area contributed by atoms with Gasteiger partial charge in [0, 0.05) is 18.7 Å². The number of nitrogens with one attached hydrogen (secondary N) is 2. The van der Waals surface area contributed by atoms with Gasteiger partial charge in [0.25, 0.3) is 5.91 Å². The number of hydrogen-bond acceptors (Lipinski definition) is 4. The minimum atomic E-state index is -0.529. The SMILES string of the molecule is CCc1n[nH]c(CN(C)C(=O)c2ccc(CCNC(CC)C(O)c3ccccc3)cc2)c1C. The maximum atomic E-state index is 12.9. The van der Waals surface area contributed by atoms with Crippen molar-refractivity contribution < 1.29 is 9.90 Å². The van der Waals surface area contributed by atoms with Gasteiger partial charge in [-0.15, -0.1) is 0 Å². The largest absolute Gasteiger partial charge is 0.387 e. The number of aromatic amines is 1. The van der Waals surface area contributed by atoms with Crippen LogP contribution in [0.4, 0.5) is 0 Å². The molecule has 1 heterocycles. The Labute approximate surface area is 197 Å². The Morgan fingerprint density at radius 3 is 2.42 bits per heavy atom. The van der Waals surface area contributed by atoms with E-state index in [9.17, 15) is 9.90 Å². The van der Waals surface area contributed by atoms with Crippen LogP contribution in [-0.4, -0.2) is 45.7 Å². The number of hydrogen-bond donors (Lipinski definition) is 3. The van der Waals surface area contributed by atoms with Gasteiger partial charge < -0.3 is 15.3 Å². The number of aryl methyl sites for hydroxylation is 1. The van der Waals surface area contributed by atoms with Crippen LogP contribution in [0.5, 0.6) is 0 Å². The predicted octanol–water partition coefficient (Wildman–Crippen LogP) is 4.20. The van der Waals surface area contributed by atoms with Crippen molar-refractivity contribution in [3.63, 3.8) is 0 Å². The summed E-state index contributed by atoms with van der Waals surface area (Å²) in [6, 6.07) is 17.6. The van der Waals surface area contributed by atoms with Crippen molar-refractivity contribution in [3.8, 4) is 0 Å². The molecule has 6 heteroatoms. The Hall–Kier alpha value is -2.96. The molecule has 3 aromatic rings. The van der Waals surface area contributed by atoms with Crippen LogP contribution in [0.15, 0.2) is 54.6 Å². The number of rotatable bonds is 11. The van der Waals surface area contributed by atoms with Gasteiger partial charge in [0.2, 0.25) is 0 Å². The lowest BCUT2D eigenvalue weighted by atomic mass is 10.00. The monoisotopic (exact) mass is 448 g/mol. The number of aliphatic hydroxyl groups excluding tert-OH is 1. The summed E-state index contributed by atoms with van der Waals surface area (Å²) in [5.41, 5.74) is 5.91. The molecule has 1 aromatic heterocycles. The molecule has 6 nitrogen and oxygen atoms in total. The van der Waals surface area contributed by atoms with E-state index in [0.717, 1.165) is 53.9 Å². The van der Waals surface area contributed by atoms with E-state index in [4.69, 9.17) is 0 Å². The van der Waals surface area contributed by atoms with E-state index in [1.165, 1.54) is 0 Å². The van der Waals surface area contributed by atoms with Gasteiger partial charge in [-0.25, -0.2) is 0 Å². The maximum Gasteiger partial charge on any atom is 0.253 e. The molecule has 1 amide bonds. The fourth-order valence-electron chi connectivity index (χ4n) is 4.08. The van der Waals surface area contributed by atoms with E-state index >= 15 is 0 Å². The molecule has 2 atom stereocenters. The third kappa shape index (κ3) is 6.30. The summed E-state index contributed by atoms with van der Waals surface area (Å²) < 4.78 is 0. The van der Waals surface area contributed by atoms with Gasteiger partial charge in [0.1, 0.15) is 0 Å². The molecule has 0 saturated carbocycles. The van der Waals surface area contributed by atoms with Gasteiger partial charge in [-0.05, 0) is 61.6 Å². The molecule has 0 radical (unpaired) electrons. The molecule has 176 valence electrons. The molecule has 0 bridgehead atoms. The number of nitrogens with zero attached hydrogens (tertiary/aromatic N) is 2. The van der Waals surface area contributed by atoms with Gasteiger partial charge in [-0.2, -0.15) is 5.10 Å². The van der Waals surface area contributed by atoms with Crippen LogP contribution in [0.2, 0.25) is 0 Å². The zero-order chi connectivity index (χ0) is 23.8. The molecule has 0 spiro atoms. The molecule has 0 aliphatic heterocycles. The van der Waals surface area contributed by atoms with Crippen molar-refractivity contribution in [2.45, 2.75) is 58.7 Å². The Morgan fingerprint density at radius 1 is 1.12 bits per heavy atom. The van der Waals surface area contributed by atoms with Crippen molar-refractivity contribution in [3.05, 3.63) is 88.2 Å². The molecule has 2 aromatic carbocycles. The van der Waals surface area contributed by atoms with Gasteiger partial charge in [0.05, 0.1) is 24.0 Å². The Bertz CT molecular complexity index is 1010. The van der Waals surface area contributed by atoms with Crippen LogP contribution in [0.1, 0.15) is 64.8 Å². The number of aliphatic hydroxyl groups is 1. The smallest absolute Gasteiger partial charge is 0.253 e. The highest BCUT2D eigenvalue weighted by atomic mass is 16.3. The summed E-state index contributed by atoms with van der Waals surface area (Å²) in [5.74, 6) is -0.0104. The summed E-state index contributed by atoms with van der Waals surface area (Å²) in [7, 11) is 1.81. The summed E-state index contributed by atoms with van der Waals surface area (Å²) >= 11 is 0. The normalized spacial score (nSPS) is 13.0. The standard InChI is InChI=1S/C27H36N4O2/c1-5-23-19(3)25(30-29-23)18-31(4)27(33)22-14-12-20(13-15-22)16-17-28-24(6-2)26(32)21-10-8-7-9-11-21/h7-15,24,26,28,32H,5-6,16-18H2,1-4H3,(H,29,30). The van der Waals surface area contributed by atoms with Crippen molar-refractivity contribution in [2.75, 3.05) is 13.6 Å². The summed E-state index contributed by atoms with van der Waals surface area (Å²) in [5, 5.41) is 21.5. The van der Waals surface area contributed by atoms with Crippen molar-refractivity contribution in [2.24, 2.45) is 0 Å². The van der Waals surface area contributed by atoms with Gasteiger partial charge in [0.15, 0.2) is 0 Å². The molecule has 33 heavy (non-hydrogen) atoms. The maximum absolute atomic E-state index is 12.9. The highest BCUT2D eigenvalue weighted by Crippen LogP contribution is 2.19. The van der Waals surface area contributed by atoms with Crippen LogP contribution in [0.25, 0.3) is 0 Å². The molecule has 2 unspecified atom stereocenters. The van der Waals surface area contributed by atoms with Crippen LogP contribution in [-0.2, 0) is 19.4 Å². The Balaban J connectivity index is 1.51. The van der Waals surface area contributed by atoms with Gasteiger partial charge in [-0.1, -0.05) is 56.3 Å². The van der Waals surface area contributed by atoms with Crippen molar-refractivity contribution in [1.29, 1.82) is 0 Å². The predicted molar refractivity (Wildman–Crippen MR) is 132 cm³/mol. The van der Waals surface area contributed by atoms with E-state index in [-0.39, 0.29) is 11.9 Å². The third-order valence-electron chi connectivity index (χ3n) is 6.27. The molecule has 0 aliphatic rings. The fraction of sp³-hybridized carbons (Fsp3) is 0.407. The lowest BCUT2D eigenvalue weighted by Crippen LogP contribution is -2.35. The molecule has 3 N–H and O–H groups in total. The molecular formula is C27H36N4O2. The van der Waals surface area contributed by atoms with E-state index in [0.29, 0.717) is 12.1 Å². The quantitative estimate of drug-likeness (QED) is 0.411. The number of H-pyrrole nitrogens is 1. The first-order valence-electron chi connectivity index (χ1n) is 11.8. The molecule has 0 saturated heterocycles. The Morgan fingerprint density at radius 2 is 1.82 bits per heavy atom. The van der Waals surface area contributed by atoms with E-state index < -0.39 is 6.10 Å².